The van der Waals surface area contributed by atoms with E-state index in [0.717, 1.165) is 0 Å². The van der Waals surface area contributed by atoms with Gasteiger partial charge in [-0.2, -0.15) is 10.2 Å². The summed E-state index contributed by atoms with van der Waals surface area (Å²) >= 11 is 0. The molecule has 4 heteroatoms. The number of terminal acetylenes is 1. The van der Waals surface area contributed by atoms with Crippen molar-refractivity contribution in [2.75, 3.05) is 11.9 Å². The van der Waals surface area contributed by atoms with Crippen LogP contribution in [0.1, 0.15) is 5.56 Å². The third-order valence-electron chi connectivity index (χ3n) is 1.86. The Morgan fingerprint density at radius 1 is 1.53 bits per heavy atom. The van der Waals surface area contributed by atoms with Crippen LogP contribution in [0.2, 0.25) is 0 Å². The molecule has 15 heavy (non-hydrogen) atoms. The van der Waals surface area contributed by atoms with Gasteiger partial charge in [0.15, 0.2) is 5.58 Å². The molecule has 1 aromatic carbocycles. The SMILES string of the molecule is C#CCNc1nc2cc(C#N)ccc2o1. The lowest BCUT2D eigenvalue weighted by Gasteiger charge is -1.90. The van der Waals surface area contributed by atoms with Crippen molar-refractivity contribution < 1.29 is 4.42 Å². The highest BCUT2D eigenvalue weighted by molar-refractivity contribution is 5.76. The Hall–Kier alpha value is -2.46. The van der Waals surface area contributed by atoms with Gasteiger partial charge in [-0.3, -0.25) is 0 Å². The number of rotatable bonds is 2. The molecule has 0 spiro atoms. The molecule has 2 rings (SSSR count). The highest BCUT2D eigenvalue weighted by Crippen LogP contribution is 2.19. The van der Waals surface area contributed by atoms with Crippen molar-refractivity contribution in [1.82, 2.24) is 4.98 Å². The number of hydrogen-bond donors (Lipinski definition) is 1. The summed E-state index contributed by atoms with van der Waals surface area (Å²) in [5, 5.41) is 11.5. The summed E-state index contributed by atoms with van der Waals surface area (Å²) in [6.45, 7) is 0.359. The van der Waals surface area contributed by atoms with Crippen molar-refractivity contribution in [1.29, 1.82) is 5.26 Å². The van der Waals surface area contributed by atoms with Gasteiger partial charge in [0.1, 0.15) is 5.52 Å². The van der Waals surface area contributed by atoms with Crippen LogP contribution in [0, 0.1) is 23.7 Å². The maximum atomic E-state index is 8.69. The van der Waals surface area contributed by atoms with Gasteiger partial charge >= 0.3 is 0 Å². The number of anilines is 1. The van der Waals surface area contributed by atoms with Gasteiger partial charge in [-0.25, -0.2) is 0 Å². The molecule has 1 aromatic heterocycles. The highest BCUT2D eigenvalue weighted by atomic mass is 16.4. The maximum Gasteiger partial charge on any atom is 0.296 e. The van der Waals surface area contributed by atoms with Crippen LogP contribution in [0.3, 0.4) is 0 Å². The van der Waals surface area contributed by atoms with Crippen molar-refractivity contribution in [3.05, 3.63) is 23.8 Å². The maximum absolute atomic E-state index is 8.69. The van der Waals surface area contributed by atoms with Gasteiger partial charge in [-0.1, -0.05) is 5.92 Å². The summed E-state index contributed by atoms with van der Waals surface area (Å²) in [7, 11) is 0. The summed E-state index contributed by atoms with van der Waals surface area (Å²) < 4.78 is 5.34. The largest absolute Gasteiger partial charge is 0.424 e. The molecular formula is C11H7N3O. The molecule has 0 saturated heterocycles. The van der Waals surface area contributed by atoms with E-state index < -0.39 is 0 Å². The second-order valence-electron chi connectivity index (χ2n) is 2.87. The first-order valence-electron chi connectivity index (χ1n) is 4.31. The molecule has 0 aliphatic heterocycles. The first kappa shape index (κ1) is 9.11. The average molecular weight is 197 g/mol. The van der Waals surface area contributed by atoms with E-state index in [0.29, 0.717) is 29.2 Å². The van der Waals surface area contributed by atoms with E-state index in [4.69, 9.17) is 16.1 Å². The van der Waals surface area contributed by atoms with Gasteiger partial charge in [0.25, 0.3) is 6.01 Å². The molecular weight excluding hydrogens is 190 g/mol. The molecule has 0 aliphatic rings. The minimum atomic E-state index is 0.359. The second kappa shape index (κ2) is 3.73. The van der Waals surface area contributed by atoms with E-state index in [1.54, 1.807) is 18.2 Å². The summed E-state index contributed by atoms with van der Waals surface area (Å²) in [5.74, 6) is 2.42. The van der Waals surface area contributed by atoms with Crippen LogP contribution >= 0.6 is 0 Å². The molecule has 0 unspecified atom stereocenters. The molecule has 4 nitrogen and oxygen atoms in total. The van der Waals surface area contributed by atoms with Crippen molar-refractivity contribution >= 4 is 17.1 Å². The van der Waals surface area contributed by atoms with E-state index in [-0.39, 0.29) is 0 Å². The van der Waals surface area contributed by atoms with Crippen molar-refractivity contribution in [2.24, 2.45) is 0 Å². The fraction of sp³-hybridized carbons (Fsp3) is 0.0909. The minimum absolute atomic E-state index is 0.359. The van der Waals surface area contributed by atoms with Crippen molar-refractivity contribution in [3.63, 3.8) is 0 Å². The zero-order valence-electron chi connectivity index (χ0n) is 7.82. The second-order valence-corrected chi connectivity index (χ2v) is 2.87. The van der Waals surface area contributed by atoms with Crippen LogP contribution in [0.25, 0.3) is 11.1 Å². The number of nitrogens with zero attached hydrogens (tertiary/aromatic N) is 2. The molecule has 0 bridgehead atoms. The number of nitriles is 1. The highest BCUT2D eigenvalue weighted by Gasteiger charge is 2.04. The predicted molar refractivity (Wildman–Crippen MR) is 56.0 cm³/mol. The molecule has 0 amide bonds. The summed E-state index contributed by atoms with van der Waals surface area (Å²) in [4.78, 5) is 4.13. The molecule has 0 atom stereocenters. The Kier molecular flexibility index (Phi) is 2.26. The van der Waals surface area contributed by atoms with Crippen LogP contribution in [-0.2, 0) is 0 Å². The van der Waals surface area contributed by atoms with Crippen molar-refractivity contribution in [2.45, 2.75) is 0 Å². The molecule has 2 aromatic rings. The van der Waals surface area contributed by atoms with Crippen LogP contribution in [0.15, 0.2) is 22.6 Å². The summed E-state index contributed by atoms with van der Waals surface area (Å²) in [6, 6.07) is 7.47. The van der Waals surface area contributed by atoms with Gasteiger partial charge in [0.2, 0.25) is 0 Å². The van der Waals surface area contributed by atoms with Crippen molar-refractivity contribution in [3.8, 4) is 18.4 Å². The molecule has 1 N–H and O–H groups in total. The number of fused-ring (bicyclic) bond motifs is 1. The Morgan fingerprint density at radius 3 is 3.13 bits per heavy atom. The Labute approximate surface area is 86.5 Å². The van der Waals surface area contributed by atoms with Crippen LogP contribution in [0.5, 0.6) is 0 Å². The molecule has 0 aliphatic carbocycles. The predicted octanol–water partition coefficient (Wildman–Crippen LogP) is 1.74. The molecule has 72 valence electrons. The number of nitrogens with one attached hydrogen (secondary N) is 1. The lowest BCUT2D eigenvalue weighted by molar-refractivity contribution is 0.618. The monoisotopic (exact) mass is 197 g/mol. The molecule has 0 saturated carbocycles. The lowest BCUT2D eigenvalue weighted by Crippen LogP contribution is -1.97. The number of oxazole rings is 1. The van der Waals surface area contributed by atoms with Gasteiger partial charge < -0.3 is 9.73 Å². The number of aromatic nitrogens is 1. The summed E-state index contributed by atoms with van der Waals surface area (Å²) in [6.07, 6.45) is 5.09. The van der Waals surface area contributed by atoms with Gasteiger partial charge in [-0.15, -0.1) is 6.42 Å². The normalized spacial score (nSPS) is 9.47. The average Bonchev–Trinajstić information content (AvgIpc) is 2.67. The minimum Gasteiger partial charge on any atom is -0.424 e. The van der Waals surface area contributed by atoms with Gasteiger partial charge in [0, 0.05) is 0 Å². The molecule has 0 radical (unpaired) electrons. The lowest BCUT2D eigenvalue weighted by atomic mass is 10.2. The Bertz CT molecular complexity index is 572. The van der Waals surface area contributed by atoms with Gasteiger partial charge in [-0.05, 0) is 18.2 Å². The van der Waals surface area contributed by atoms with E-state index in [2.05, 4.69) is 16.2 Å². The van der Waals surface area contributed by atoms with Gasteiger partial charge in [0.05, 0.1) is 18.2 Å². The standard InChI is InChI=1S/C11H7N3O/c1-2-5-13-11-14-9-6-8(7-12)3-4-10(9)15-11/h1,3-4,6H,5H2,(H,13,14). The first-order valence-corrected chi connectivity index (χ1v) is 4.31. The van der Waals surface area contributed by atoms with Crippen LogP contribution < -0.4 is 5.32 Å². The fourth-order valence-electron chi connectivity index (χ4n) is 1.20. The fourth-order valence-corrected chi connectivity index (χ4v) is 1.20. The van der Waals surface area contributed by atoms with Crippen LogP contribution in [0.4, 0.5) is 6.01 Å². The third kappa shape index (κ3) is 1.74. The van der Waals surface area contributed by atoms with E-state index in [1.165, 1.54) is 0 Å². The zero-order chi connectivity index (χ0) is 10.7. The van der Waals surface area contributed by atoms with E-state index in [9.17, 15) is 0 Å². The first-order chi connectivity index (χ1) is 7.33. The third-order valence-corrected chi connectivity index (χ3v) is 1.86. The Morgan fingerprint density at radius 2 is 2.40 bits per heavy atom. The number of benzene rings is 1. The molecule has 1 heterocycles. The number of hydrogen-bond acceptors (Lipinski definition) is 4. The molecule has 0 fully saturated rings. The zero-order valence-corrected chi connectivity index (χ0v) is 7.82. The quantitative estimate of drug-likeness (QED) is 0.745. The van der Waals surface area contributed by atoms with E-state index in [1.807, 2.05) is 6.07 Å². The Balaban J connectivity index is 2.40. The van der Waals surface area contributed by atoms with E-state index >= 15 is 0 Å². The van der Waals surface area contributed by atoms with Crippen LogP contribution in [-0.4, -0.2) is 11.5 Å². The summed E-state index contributed by atoms with van der Waals surface area (Å²) in [5.41, 5.74) is 1.83. The topological polar surface area (TPSA) is 61.9 Å². The smallest absolute Gasteiger partial charge is 0.296 e.